The van der Waals surface area contributed by atoms with Gasteiger partial charge in [0, 0.05) is 50.8 Å². The van der Waals surface area contributed by atoms with Crippen LogP contribution in [0.25, 0.3) is 0 Å². The highest BCUT2D eigenvalue weighted by molar-refractivity contribution is 7.09. The number of hydrogen-bond donors (Lipinski definition) is 1. The van der Waals surface area contributed by atoms with E-state index in [0.717, 1.165) is 61.4 Å². The number of halogens is 1. The van der Waals surface area contributed by atoms with Gasteiger partial charge in [-0.2, -0.15) is 0 Å². The summed E-state index contributed by atoms with van der Waals surface area (Å²) in [6, 6.07) is 6.65. The van der Waals surface area contributed by atoms with Crippen molar-refractivity contribution in [1.82, 2.24) is 9.88 Å². The van der Waals surface area contributed by atoms with Crippen LogP contribution in [0.4, 0.5) is 5.69 Å². The first-order valence-electron chi connectivity index (χ1n) is 11.0. The van der Waals surface area contributed by atoms with Crippen LogP contribution in [-0.2, 0) is 11.3 Å². The van der Waals surface area contributed by atoms with E-state index < -0.39 is 0 Å². The number of benzene rings is 1. The molecule has 0 spiro atoms. The molecule has 1 atom stereocenters. The zero-order chi connectivity index (χ0) is 21.1. The largest absolute Gasteiger partial charge is 0.395 e. The minimum Gasteiger partial charge on any atom is -0.395 e. The summed E-state index contributed by atoms with van der Waals surface area (Å²) in [7, 11) is 0. The maximum atomic E-state index is 9.36. The van der Waals surface area contributed by atoms with E-state index in [9.17, 15) is 5.11 Å². The molecule has 0 radical (unpaired) electrons. The molecular formula is C23H32ClN3O2S. The van der Waals surface area contributed by atoms with Crippen molar-refractivity contribution in [1.29, 1.82) is 0 Å². The van der Waals surface area contributed by atoms with Gasteiger partial charge in [-0.1, -0.05) is 23.7 Å². The van der Waals surface area contributed by atoms with Crippen molar-refractivity contribution in [2.45, 2.75) is 45.2 Å². The highest BCUT2D eigenvalue weighted by Gasteiger charge is 2.34. The van der Waals surface area contributed by atoms with E-state index in [-0.39, 0.29) is 12.5 Å². The Morgan fingerprint density at radius 2 is 2.13 bits per heavy atom. The molecule has 1 fully saturated rings. The Morgan fingerprint density at radius 1 is 1.33 bits per heavy atom. The summed E-state index contributed by atoms with van der Waals surface area (Å²) in [5, 5.41) is 13.5. The van der Waals surface area contributed by atoms with Crippen LogP contribution in [0.1, 0.15) is 48.9 Å². The lowest BCUT2D eigenvalue weighted by Gasteiger charge is -2.29. The third-order valence-corrected chi connectivity index (χ3v) is 7.59. The SMILES string of the molecule is CC(C)N(CCO)Cc1csc(C2CN(CC3CCOCC3)c3c(Cl)cccc32)n1. The average Bonchev–Trinajstić information content (AvgIpc) is 3.34. The van der Waals surface area contributed by atoms with Crippen LogP contribution in [0.5, 0.6) is 0 Å². The maximum Gasteiger partial charge on any atom is 0.102 e. The van der Waals surface area contributed by atoms with Crippen LogP contribution in [0.3, 0.4) is 0 Å². The molecule has 7 heteroatoms. The standard InChI is InChI=1S/C23H32ClN3O2S/c1-16(2)26(8-9-28)13-18-15-30-23(25-18)20-14-27(12-17-6-10-29-11-7-17)22-19(20)4-3-5-21(22)24/h3-5,15-17,20,28H,6-14H2,1-2H3. The molecule has 164 valence electrons. The van der Waals surface area contributed by atoms with Crippen molar-refractivity contribution in [2.75, 3.05) is 44.4 Å². The number of aromatic nitrogens is 1. The summed E-state index contributed by atoms with van der Waals surface area (Å²) in [5.41, 5.74) is 3.58. The zero-order valence-corrected chi connectivity index (χ0v) is 19.5. The fourth-order valence-electron chi connectivity index (χ4n) is 4.59. The van der Waals surface area contributed by atoms with Crippen LogP contribution in [0.2, 0.25) is 5.02 Å². The highest BCUT2D eigenvalue weighted by atomic mass is 35.5. The Morgan fingerprint density at radius 3 is 2.87 bits per heavy atom. The number of aliphatic hydroxyl groups is 1. The Kier molecular flexibility index (Phi) is 7.32. The van der Waals surface area contributed by atoms with Crippen molar-refractivity contribution in [2.24, 2.45) is 5.92 Å². The molecule has 1 saturated heterocycles. The van der Waals surface area contributed by atoms with Gasteiger partial charge in [-0.15, -0.1) is 11.3 Å². The van der Waals surface area contributed by atoms with E-state index >= 15 is 0 Å². The Bertz CT molecular complexity index is 838. The van der Waals surface area contributed by atoms with E-state index in [1.165, 1.54) is 11.3 Å². The van der Waals surface area contributed by atoms with Crippen LogP contribution >= 0.6 is 22.9 Å². The second-order valence-electron chi connectivity index (χ2n) is 8.66. The number of aliphatic hydroxyl groups excluding tert-OH is 1. The number of thiazole rings is 1. The monoisotopic (exact) mass is 449 g/mol. The Balaban J connectivity index is 1.53. The number of hydrogen-bond acceptors (Lipinski definition) is 6. The lowest BCUT2D eigenvalue weighted by atomic mass is 10.00. The molecule has 0 amide bonds. The third kappa shape index (κ3) is 4.83. The van der Waals surface area contributed by atoms with Gasteiger partial charge in [-0.05, 0) is 44.2 Å². The molecule has 0 aliphatic carbocycles. The lowest BCUT2D eigenvalue weighted by molar-refractivity contribution is 0.0683. The molecule has 30 heavy (non-hydrogen) atoms. The first-order valence-corrected chi connectivity index (χ1v) is 12.2. The maximum absolute atomic E-state index is 9.36. The van der Waals surface area contributed by atoms with Gasteiger partial charge in [0.05, 0.1) is 28.9 Å². The molecule has 2 aliphatic heterocycles. The van der Waals surface area contributed by atoms with Gasteiger partial charge in [0.2, 0.25) is 0 Å². The molecule has 2 aromatic rings. The fraction of sp³-hybridized carbons (Fsp3) is 0.609. The predicted octanol–water partition coefficient (Wildman–Crippen LogP) is 4.38. The summed E-state index contributed by atoms with van der Waals surface area (Å²) < 4.78 is 5.54. The third-order valence-electron chi connectivity index (χ3n) is 6.28. The number of nitrogens with zero attached hydrogens (tertiary/aromatic N) is 3. The number of anilines is 1. The summed E-state index contributed by atoms with van der Waals surface area (Å²) in [6.07, 6.45) is 2.25. The molecule has 5 nitrogen and oxygen atoms in total. The van der Waals surface area contributed by atoms with Crippen LogP contribution < -0.4 is 4.90 Å². The molecule has 4 rings (SSSR count). The van der Waals surface area contributed by atoms with Gasteiger partial charge in [0.25, 0.3) is 0 Å². The topological polar surface area (TPSA) is 48.8 Å². The molecule has 0 bridgehead atoms. The molecule has 0 saturated carbocycles. The summed E-state index contributed by atoms with van der Waals surface area (Å²) >= 11 is 8.41. The van der Waals surface area contributed by atoms with Crippen molar-refractivity contribution >= 4 is 28.6 Å². The van der Waals surface area contributed by atoms with Crippen molar-refractivity contribution in [3.8, 4) is 0 Å². The summed E-state index contributed by atoms with van der Waals surface area (Å²) in [6.45, 7) is 9.64. The first kappa shape index (κ1) is 22.0. The van der Waals surface area contributed by atoms with Crippen molar-refractivity contribution in [3.63, 3.8) is 0 Å². The van der Waals surface area contributed by atoms with E-state index in [4.69, 9.17) is 21.3 Å². The first-order chi connectivity index (χ1) is 14.6. The summed E-state index contributed by atoms with van der Waals surface area (Å²) in [4.78, 5) is 9.75. The highest BCUT2D eigenvalue weighted by Crippen LogP contribution is 2.45. The van der Waals surface area contributed by atoms with E-state index in [1.807, 2.05) is 6.07 Å². The molecule has 2 aliphatic rings. The lowest BCUT2D eigenvalue weighted by Crippen LogP contribution is -2.33. The zero-order valence-electron chi connectivity index (χ0n) is 17.9. The molecule has 1 aromatic carbocycles. The fourth-order valence-corrected chi connectivity index (χ4v) is 5.81. The van der Waals surface area contributed by atoms with Crippen LogP contribution in [-0.4, -0.2) is 60.5 Å². The molecule has 1 aromatic heterocycles. The number of ether oxygens (including phenoxy) is 1. The molecule has 3 heterocycles. The number of rotatable bonds is 8. The van der Waals surface area contributed by atoms with E-state index in [2.05, 4.69) is 41.2 Å². The van der Waals surface area contributed by atoms with Gasteiger partial charge in [-0.25, -0.2) is 4.98 Å². The number of para-hydroxylation sites is 1. The van der Waals surface area contributed by atoms with Crippen LogP contribution in [0.15, 0.2) is 23.6 Å². The van der Waals surface area contributed by atoms with Crippen molar-refractivity contribution in [3.05, 3.63) is 44.9 Å². The predicted molar refractivity (Wildman–Crippen MR) is 124 cm³/mol. The quantitative estimate of drug-likeness (QED) is 0.648. The van der Waals surface area contributed by atoms with E-state index in [1.54, 1.807) is 11.3 Å². The minimum atomic E-state index is 0.171. The van der Waals surface area contributed by atoms with Gasteiger partial charge in [0.15, 0.2) is 0 Å². The molecular weight excluding hydrogens is 418 g/mol. The average molecular weight is 450 g/mol. The second-order valence-corrected chi connectivity index (χ2v) is 9.95. The van der Waals surface area contributed by atoms with Gasteiger partial charge >= 0.3 is 0 Å². The Labute approximate surface area is 188 Å². The normalized spacial score (nSPS) is 19.8. The molecule has 1 unspecified atom stereocenters. The van der Waals surface area contributed by atoms with Gasteiger partial charge in [0.1, 0.15) is 5.01 Å². The minimum absolute atomic E-state index is 0.171. The Hall–Kier alpha value is -1.18. The molecule has 1 N–H and O–H groups in total. The smallest absolute Gasteiger partial charge is 0.102 e. The summed E-state index contributed by atoms with van der Waals surface area (Å²) in [5.74, 6) is 0.925. The number of fused-ring (bicyclic) bond motifs is 1. The van der Waals surface area contributed by atoms with Gasteiger partial charge in [-0.3, -0.25) is 4.90 Å². The van der Waals surface area contributed by atoms with E-state index in [0.29, 0.717) is 18.5 Å². The van der Waals surface area contributed by atoms with Crippen molar-refractivity contribution < 1.29 is 9.84 Å². The second kappa shape index (κ2) is 9.96. The van der Waals surface area contributed by atoms with Gasteiger partial charge < -0.3 is 14.7 Å². The van der Waals surface area contributed by atoms with Crippen LogP contribution in [0, 0.1) is 5.92 Å².